The van der Waals surface area contributed by atoms with Crippen LogP contribution in [-0.2, 0) is 5.41 Å². The molecule has 18 heavy (non-hydrogen) atoms. The van der Waals surface area contributed by atoms with Crippen LogP contribution in [0.2, 0.25) is 0 Å². The second kappa shape index (κ2) is 4.66. The molecule has 0 aliphatic heterocycles. The van der Waals surface area contributed by atoms with Crippen LogP contribution in [0.1, 0.15) is 42.9 Å². The van der Waals surface area contributed by atoms with Crippen LogP contribution in [0.25, 0.3) is 0 Å². The summed E-state index contributed by atoms with van der Waals surface area (Å²) in [4.78, 5) is 12.8. The molecule has 0 spiro atoms. The predicted octanol–water partition coefficient (Wildman–Crippen LogP) is 2.18. The van der Waals surface area contributed by atoms with Crippen molar-refractivity contribution < 1.29 is 0 Å². The molecule has 96 valence electrons. The van der Waals surface area contributed by atoms with Crippen molar-refractivity contribution in [3.63, 3.8) is 0 Å². The van der Waals surface area contributed by atoms with Crippen molar-refractivity contribution in [3.8, 4) is 0 Å². The average Bonchev–Trinajstić information content (AvgIpc) is 2.80. The second-order valence-electron chi connectivity index (χ2n) is 5.28. The molecule has 2 aromatic rings. The molecule has 0 aliphatic rings. The highest BCUT2D eigenvalue weighted by Crippen LogP contribution is 2.24. The standard InChI is InChI=1S/C13H17N3OS/c1-13(2,3)10-7-8(12(17)16-15-10)11(14)9-5-4-6-18-9/h4-7,11H,14H2,1-3H3,(H,16,17). The van der Waals surface area contributed by atoms with Gasteiger partial charge in [-0.3, -0.25) is 4.79 Å². The molecule has 0 amide bonds. The van der Waals surface area contributed by atoms with E-state index in [4.69, 9.17) is 5.73 Å². The third-order valence-electron chi connectivity index (χ3n) is 2.79. The zero-order valence-corrected chi connectivity index (χ0v) is 11.5. The fourth-order valence-electron chi connectivity index (χ4n) is 1.66. The van der Waals surface area contributed by atoms with Gasteiger partial charge >= 0.3 is 0 Å². The smallest absolute Gasteiger partial charge is 0.269 e. The van der Waals surface area contributed by atoms with E-state index in [1.807, 2.05) is 44.4 Å². The van der Waals surface area contributed by atoms with Crippen molar-refractivity contribution in [1.29, 1.82) is 0 Å². The number of rotatable bonds is 2. The lowest BCUT2D eigenvalue weighted by atomic mass is 9.90. The van der Waals surface area contributed by atoms with E-state index in [1.165, 1.54) is 0 Å². The molecule has 2 aromatic heterocycles. The number of nitrogens with zero attached hydrogens (tertiary/aromatic N) is 1. The Morgan fingerprint density at radius 3 is 2.72 bits per heavy atom. The van der Waals surface area contributed by atoms with Gasteiger partial charge in [-0.25, -0.2) is 5.10 Å². The first-order valence-electron chi connectivity index (χ1n) is 5.78. The number of aromatic nitrogens is 2. The molecule has 0 fully saturated rings. The number of H-pyrrole nitrogens is 1. The van der Waals surface area contributed by atoms with Crippen LogP contribution >= 0.6 is 11.3 Å². The summed E-state index contributed by atoms with van der Waals surface area (Å²) in [6.07, 6.45) is 0. The third-order valence-corrected chi connectivity index (χ3v) is 3.74. The first kappa shape index (κ1) is 13.0. The molecular formula is C13H17N3OS. The van der Waals surface area contributed by atoms with Crippen molar-refractivity contribution in [1.82, 2.24) is 10.2 Å². The largest absolute Gasteiger partial charge is 0.319 e. The molecule has 0 radical (unpaired) electrons. The van der Waals surface area contributed by atoms with Crippen LogP contribution in [0.4, 0.5) is 0 Å². The van der Waals surface area contributed by atoms with Gasteiger partial charge in [-0.05, 0) is 17.5 Å². The van der Waals surface area contributed by atoms with Gasteiger partial charge in [0.25, 0.3) is 5.56 Å². The maximum absolute atomic E-state index is 11.8. The summed E-state index contributed by atoms with van der Waals surface area (Å²) < 4.78 is 0. The molecule has 0 aromatic carbocycles. The minimum atomic E-state index is -0.391. The van der Waals surface area contributed by atoms with Gasteiger partial charge in [0.15, 0.2) is 0 Å². The number of hydrogen-bond donors (Lipinski definition) is 2. The van der Waals surface area contributed by atoms with Gasteiger partial charge in [0, 0.05) is 15.9 Å². The monoisotopic (exact) mass is 263 g/mol. The van der Waals surface area contributed by atoms with E-state index in [0.717, 1.165) is 10.6 Å². The van der Waals surface area contributed by atoms with E-state index < -0.39 is 6.04 Å². The Balaban J connectivity index is 2.48. The molecule has 0 bridgehead atoms. The quantitative estimate of drug-likeness (QED) is 0.872. The second-order valence-corrected chi connectivity index (χ2v) is 6.26. The topological polar surface area (TPSA) is 71.8 Å². The van der Waals surface area contributed by atoms with Crippen LogP contribution in [0, 0.1) is 0 Å². The Labute approximate surface area is 110 Å². The Morgan fingerprint density at radius 1 is 1.44 bits per heavy atom. The number of hydrogen-bond acceptors (Lipinski definition) is 4. The van der Waals surface area contributed by atoms with Crippen molar-refractivity contribution in [2.45, 2.75) is 32.2 Å². The summed E-state index contributed by atoms with van der Waals surface area (Å²) in [5.74, 6) is 0. The van der Waals surface area contributed by atoms with Crippen LogP contribution < -0.4 is 11.3 Å². The molecule has 4 nitrogen and oxygen atoms in total. The number of nitrogens with two attached hydrogens (primary N) is 1. The van der Waals surface area contributed by atoms with Crippen molar-refractivity contribution in [3.05, 3.63) is 50.1 Å². The highest BCUT2D eigenvalue weighted by molar-refractivity contribution is 7.10. The molecule has 0 saturated heterocycles. The van der Waals surface area contributed by atoms with Crippen LogP contribution in [-0.4, -0.2) is 10.2 Å². The Hall–Kier alpha value is -1.46. The molecule has 1 atom stereocenters. The summed E-state index contributed by atoms with van der Waals surface area (Å²) in [7, 11) is 0. The summed E-state index contributed by atoms with van der Waals surface area (Å²) >= 11 is 1.55. The van der Waals surface area contributed by atoms with Crippen LogP contribution in [0.5, 0.6) is 0 Å². The van der Waals surface area contributed by atoms with Crippen molar-refractivity contribution in [2.24, 2.45) is 5.73 Å². The van der Waals surface area contributed by atoms with Gasteiger partial charge in [-0.2, -0.15) is 5.10 Å². The molecule has 1 unspecified atom stereocenters. The first-order chi connectivity index (χ1) is 8.39. The third kappa shape index (κ3) is 2.52. The van der Waals surface area contributed by atoms with E-state index in [9.17, 15) is 4.79 Å². The van der Waals surface area contributed by atoms with E-state index in [0.29, 0.717) is 5.56 Å². The molecule has 3 N–H and O–H groups in total. The Morgan fingerprint density at radius 2 is 2.17 bits per heavy atom. The minimum absolute atomic E-state index is 0.117. The fourth-order valence-corrected chi connectivity index (χ4v) is 2.40. The zero-order valence-electron chi connectivity index (χ0n) is 10.7. The maximum atomic E-state index is 11.8. The van der Waals surface area contributed by atoms with Crippen molar-refractivity contribution >= 4 is 11.3 Å². The first-order valence-corrected chi connectivity index (χ1v) is 6.66. The lowest BCUT2D eigenvalue weighted by Crippen LogP contribution is -2.26. The number of thiophene rings is 1. The van der Waals surface area contributed by atoms with E-state index >= 15 is 0 Å². The zero-order chi connectivity index (χ0) is 13.3. The number of nitrogens with one attached hydrogen (secondary N) is 1. The van der Waals surface area contributed by atoms with Crippen LogP contribution in [0.15, 0.2) is 28.4 Å². The molecular weight excluding hydrogens is 246 g/mol. The Bertz CT molecular complexity index is 581. The molecule has 0 aliphatic carbocycles. The number of aromatic amines is 1. The van der Waals surface area contributed by atoms with E-state index in [-0.39, 0.29) is 11.0 Å². The van der Waals surface area contributed by atoms with Gasteiger partial charge in [-0.1, -0.05) is 26.8 Å². The summed E-state index contributed by atoms with van der Waals surface area (Å²) in [5, 5.41) is 8.57. The highest BCUT2D eigenvalue weighted by atomic mass is 32.1. The molecule has 0 saturated carbocycles. The van der Waals surface area contributed by atoms with Gasteiger partial charge in [0.2, 0.25) is 0 Å². The van der Waals surface area contributed by atoms with Gasteiger partial charge in [0.05, 0.1) is 11.7 Å². The molecule has 2 heterocycles. The summed E-state index contributed by atoms with van der Waals surface area (Å²) in [6, 6.07) is 5.28. The van der Waals surface area contributed by atoms with Gasteiger partial charge in [0.1, 0.15) is 0 Å². The highest BCUT2D eigenvalue weighted by Gasteiger charge is 2.20. The average molecular weight is 263 g/mol. The fraction of sp³-hybridized carbons (Fsp3) is 0.385. The minimum Gasteiger partial charge on any atom is -0.319 e. The van der Waals surface area contributed by atoms with Crippen LogP contribution in [0.3, 0.4) is 0 Å². The normalized spacial score (nSPS) is 13.6. The van der Waals surface area contributed by atoms with Gasteiger partial charge in [-0.15, -0.1) is 11.3 Å². The summed E-state index contributed by atoms with van der Waals surface area (Å²) in [5.41, 5.74) is 7.20. The summed E-state index contributed by atoms with van der Waals surface area (Å²) in [6.45, 7) is 6.15. The SMILES string of the molecule is CC(C)(C)c1cc(C(N)c2cccs2)c(=O)[nH]n1. The predicted molar refractivity (Wildman–Crippen MR) is 73.9 cm³/mol. The molecule has 2 rings (SSSR count). The van der Waals surface area contributed by atoms with Crippen molar-refractivity contribution in [2.75, 3.05) is 0 Å². The Kier molecular flexibility index (Phi) is 3.36. The van der Waals surface area contributed by atoms with Gasteiger partial charge < -0.3 is 5.73 Å². The maximum Gasteiger partial charge on any atom is 0.269 e. The lowest BCUT2D eigenvalue weighted by Gasteiger charge is -2.18. The van der Waals surface area contributed by atoms with E-state index in [2.05, 4.69) is 10.2 Å². The van der Waals surface area contributed by atoms with E-state index in [1.54, 1.807) is 11.3 Å². The molecule has 5 heteroatoms. The lowest BCUT2D eigenvalue weighted by molar-refractivity contribution is 0.553.